The van der Waals surface area contributed by atoms with Crippen LogP contribution in [0.15, 0.2) is 16.6 Å². The van der Waals surface area contributed by atoms with Crippen LogP contribution in [0.25, 0.3) is 16.9 Å². The Morgan fingerprint density at radius 3 is 2.38 bits per heavy atom. The molecule has 6 heteroatoms. The molecule has 0 bridgehead atoms. The number of hydrogen-bond donors (Lipinski definition) is 1. The molecule has 0 atom stereocenters. The lowest BCUT2D eigenvalue weighted by atomic mass is 10.1. The number of hydrogen-bond acceptors (Lipinski definition) is 3. The van der Waals surface area contributed by atoms with Crippen LogP contribution in [0.3, 0.4) is 0 Å². The number of nitrogens with two attached hydrogens (primary N) is 1. The molecule has 3 rings (SSSR count). The topological polar surface area (TPSA) is 61.7 Å². The van der Waals surface area contributed by atoms with Crippen LogP contribution in [-0.4, -0.2) is 19.3 Å². The van der Waals surface area contributed by atoms with Crippen LogP contribution >= 0.6 is 15.9 Å². The fourth-order valence-corrected chi connectivity index (χ4v) is 3.57. The van der Waals surface area contributed by atoms with Crippen LogP contribution in [0.5, 0.6) is 0 Å². The van der Waals surface area contributed by atoms with Gasteiger partial charge < -0.3 is 5.73 Å². The van der Waals surface area contributed by atoms with Crippen molar-refractivity contribution >= 4 is 33.0 Å². The van der Waals surface area contributed by atoms with Crippen molar-refractivity contribution in [2.75, 3.05) is 5.73 Å². The summed E-state index contributed by atoms with van der Waals surface area (Å²) in [5, 5.41) is 4.54. The molecule has 2 aromatic heterocycles. The molecule has 2 heterocycles. The number of fused-ring (bicyclic) bond motifs is 1. The number of anilines is 1. The van der Waals surface area contributed by atoms with Gasteiger partial charge in [-0.25, -0.2) is 9.67 Å². The Balaban J connectivity index is 2.43. The fraction of sp³-hybridized carbons (Fsp3) is 0.333. The van der Waals surface area contributed by atoms with Crippen LogP contribution in [0.1, 0.15) is 23.7 Å². The average Bonchev–Trinajstić information content (AvgIpc) is 2.87. The molecule has 0 radical (unpaired) electrons. The minimum absolute atomic E-state index is 0.501. The number of imidazole rings is 1. The minimum Gasteiger partial charge on any atom is -0.369 e. The molecule has 0 fully saturated rings. The maximum Gasteiger partial charge on any atom is 0.207 e. The van der Waals surface area contributed by atoms with Gasteiger partial charge in [0.05, 0.1) is 11.4 Å². The highest BCUT2D eigenvalue weighted by Crippen LogP contribution is 2.30. The van der Waals surface area contributed by atoms with Crippen molar-refractivity contribution in [3.8, 4) is 5.69 Å². The Labute approximate surface area is 131 Å². The molecule has 0 saturated heterocycles. The van der Waals surface area contributed by atoms with E-state index in [4.69, 9.17) is 5.73 Å². The lowest BCUT2D eigenvalue weighted by Crippen LogP contribution is -2.09. The van der Waals surface area contributed by atoms with Gasteiger partial charge in [0.1, 0.15) is 5.52 Å². The summed E-state index contributed by atoms with van der Waals surface area (Å²) in [6.45, 7) is 8.98. The largest absolute Gasteiger partial charge is 0.369 e. The second-order valence-electron chi connectivity index (χ2n) is 5.27. The SMILES string of the molecule is CCn1nc(C)c2nc(N)n(-c3c(C)cc(Br)cc3C)c21. The molecule has 0 aliphatic heterocycles. The third kappa shape index (κ3) is 2.05. The van der Waals surface area contributed by atoms with Crippen LogP contribution < -0.4 is 5.73 Å². The molecular formula is C15H18BrN5. The third-order valence-corrected chi connectivity index (χ3v) is 4.17. The van der Waals surface area contributed by atoms with Gasteiger partial charge in [-0.05, 0) is 51.0 Å². The Kier molecular flexibility index (Phi) is 3.28. The molecule has 2 N–H and O–H groups in total. The van der Waals surface area contributed by atoms with Gasteiger partial charge in [-0.2, -0.15) is 5.10 Å². The molecule has 0 aliphatic carbocycles. The number of nitrogens with zero attached hydrogens (tertiary/aromatic N) is 4. The summed E-state index contributed by atoms with van der Waals surface area (Å²) in [6, 6.07) is 4.18. The van der Waals surface area contributed by atoms with Crippen molar-refractivity contribution in [3.63, 3.8) is 0 Å². The van der Waals surface area contributed by atoms with Gasteiger partial charge in [-0.1, -0.05) is 15.9 Å². The highest BCUT2D eigenvalue weighted by molar-refractivity contribution is 9.10. The first-order valence-corrected chi connectivity index (χ1v) is 7.71. The van der Waals surface area contributed by atoms with E-state index >= 15 is 0 Å². The molecule has 0 amide bonds. The highest BCUT2D eigenvalue weighted by Gasteiger charge is 2.20. The van der Waals surface area contributed by atoms with Crippen molar-refractivity contribution in [2.45, 2.75) is 34.2 Å². The number of rotatable bonds is 2. The van der Waals surface area contributed by atoms with E-state index in [1.54, 1.807) is 0 Å². The van der Waals surface area contributed by atoms with Crippen molar-refractivity contribution in [3.05, 3.63) is 33.4 Å². The zero-order valence-corrected chi connectivity index (χ0v) is 14.2. The maximum atomic E-state index is 6.20. The summed E-state index contributed by atoms with van der Waals surface area (Å²) in [7, 11) is 0. The predicted molar refractivity (Wildman–Crippen MR) is 88.9 cm³/mol. The first-order chi connectivity index (χ1) is 9.93. The molecular weight excluding hydrogens is 330 g/mol. The predicted octanol–water partition coefficient (Wildman–Crippen LogP) is 3.51. The van der Waals surface area contributed by atoms with Gasteiger partial charge in [0.15, 0.2) is 5.65 Å². The van der Waals surface area contributed by atoms with E-state index in [9.17, 15) is 0 Å². The summed E-state index contributed by atoms with van der Waals surface area (Å²) in [5.74, 6) is 0.501. The Morgan fingerprint density at radius 1 is 1.19 bits per heavy atom. The van der Waals surface area contributed by atoms with Gasteiger partial charge in [-0.3, -0.25) is 4.57 Å². The Morgan fingerprint density at radius 2 is 1.81 bits per heavy atom. The molecule has 3 aromatic rings. The average molecular weight is 348 g/mol. The molecule has 0 unspecified atom stereocenters. The Bertz CT molecular complexity index is 820. The van der Waals surface area contributed by atoms with E-state index < -0.39 is 0 Å². The first kappa shape index (κ1) is 14.1. The van der Waals surface area contributed by atoms with E-state index in [2.05, 4.69) is 58.9 Å². The molecule has 0 spiro atoms. The summed E-state index contributed by atoms with van der Waals surface area (Å²) >= 11 is 3.54. The van der Waals surface area contributed by atoms with Crippen LogP contribution in [0.2, 0.25) is 0 Å². The van der Waals surface area contributed by atoms with Gasteiger partial charge >= 0.3 is 0 Å². The van der Waals surface area contributed by atoms with E-state index in [1.807, 2.05) is 16.2 Å². The first-order valence-electron chi connectivity index (χ1n) is 6.92. The maximum absolute atomic E-state index is 6.20. The highest BCUT2D eigenvalue weighted by atomic mass is 79.9. The molecule has 21 heavy (non-hydrogen) atoms. The van der Waals surface area contributed by atoms with Crippen molar-refractivity contribution < 1.29 is 0 Å². The number of aromatic nitrogens is 4. The second-order valence-corrected chi connectivity index (χ2v) is 6.18. The second kappa shape index (κ2) is 4.87. The van der Waals surface area contributed by atoms with E-state index in [0.717, 1.165) is 44.7 Å². The van der Waals surface area contributed by atoms with E-state index in [-0.39, 0.29) is 0 Å². The third-order valence-electron chi connectivity index (χ3n) is 3.72. The summed E-state index contributed by atoms with van der Waals surface area (Å²) < 4.78 is 5.03. The molecule has 110 valence electrons. The number of nitrogen functional groups attached to an aromatic ring is 1. The monoisotopic (exact) mass is 347 g/mol. The zero-order valence-electron chi connectivity index (χ0n) is 12.6. The minimum atomic E-state index is 0.501. The van der Waals surface area contributed by atoms with Gasteiger partial charge in [0, 0.05) is 11.0 Å². The number of halogens is 1. The molecule has 1 aromatic carbocycles. The molecule has 0 aliphatic rings. The van der Waals surface area contributed by atoms with Crippen molar-refractivity contribution in [1.82, 2.24) is 19.3 Å². The van der Waals surface area contributed by atoms with Crippen molar-refractivity contribution in [2.24, 2.45) is 0 Å². The van der Waals surface area contributed by atoms with Gasteiger partial charge in [-0.15, -0.1) is 0 Å². The lowest BCUT2D eigenvalue weighted by Gasteiger charge is -2.14. The fourth-order valence-electron chi connectivity index (χ4n) is 2.88. The van der Waals surface area contributed by atoms with E-state index in [0.29, 0.717) is 5.95 Å². The zero-order chi connectivity index (χ0) is 15.3. The Hall–Kier alpha value is -1.82. The van der Waals surface area contributed by atoms with Crippen LogP contribution in [0.4, 0.5) is 5.95 Å². The smallest absolute Gasteiger partial charge is 0.207 e. The number of benzene rings is 1. The molecule has 0 saturated carbocycles. The van der Waals surface area contributed by atoms with Crippen molar-refractivity contribution in [1.29, 1.82) is 0 Å². The van der Waals surface area contributed by atoms with Crippen LogP contribution in [0, 0.1) is 20.8 Å². The van der Waals surface area contributed by atoms with Gasteiger partial charge in [0.2, 0.25) is 5.95 Å². The molecule has 5 nitrogen and oxygen atoms in total. The van der Waals surface area contributed by atoms with E-state index in [1.165, 1.54) is 0 Å². The quantitative estimate of drug-likeness (QED) is 0.771. The summed E-state index contributed by atoms with van der Waals surface area (Å²) in [4.78, 5) is 4.51. The number of aryl methyl sites for hydroxylation is 4. The summed E-state index contributed by atoms with van der Waals surface area (Å²) in [5.41, 5.74) is 12.3. The summed E-state index contributed by atoms with van der Waals surface area (Å²) in [6.07, 6.45) is 0. The van der Waals surface area contributed by atoms with Gasteiger partial charge in [0.25, 0.3) is 0 Å². The standard InChI is InChI=1S/C15H18BrN5/c1-5-20-14-12(10(4)19-20)18-15(17)21(14)13-8(2)6-11(16)7-9(13)3/h6-7H,5H2,1-4H3,(H2,17,18). The normalized spacial score (nSPS) is 11.5. The van der Waals surface area contributed by atoms with Crippen LogP contribution in [-0.2, 0) is 6.54 Å². The lowest BCUT2D eigenvalue weighted by molar-refractivity contribution is 0.663.